The van der Waals surface area contributed by atoms with E-state index in [9.17, 15) is 4.79 Å². The fraction of sp³-hybridized carbons (Fsp3) is 0.179. The molecule has 1 aromatic heterocycles. The lowest BCUT2D eigenvalue weighted by molar-refractivity contribution is -0.113. The molecule has 1 aliphatic rings. The van der Waals surface area contributed by atoms with Crippen molar-refractivity contribution in [3.8, 4) is 5.75 Å². The summed E-state index contributed by atoms with van der Waals surface area (Å²) >= 11 is 0. The lowest BCUT2D eigenvalue weighted by Crippen LogP contribution is -2.31. The maximum absolute atomic E-state index is 13.4. The smallest absolute Gasteiger partial charge is 0.255 e. The second kappa shape index (κ2) is 9.85. The van der Waals surface area contributed by atoms with Gasteiger partial charge in [0, 0.05) is 17.8 Å². The number of nitrogens with zero attached hydrogens (tertiary/aromatic N) is 3. The van der Waals surface area contributed by atoms with Crippen molar-refractivity contribution in [1.82, 2.24) is 14.8 Å². The zero-order chi connectivity index (χ0) is 24.2. The van der Waals surface area contributed by atoms with E-state index in [0.717, 1.165) is 34.7 Å². The van der Waals surface area contributed by atoms with E-state index >= 15 is 0 Å². The van der Waals surface area contributed by atoms with Crippen LogP contribution in [-0.4, -0.2) is 27.3 Å². The second-order valence-corrected chi connectivity index (χ2v) is 8.57. The Balaban J connectivity index is 1.36. The van der Waals surface area contributed by atoms with Crippen LogP contribution in [0.25, 0.3) is 0 Å². The molecule has 1 atom stereocenters. The van der Waals surface area contributed by atoms with Gasteiger partial charge in [0.15, 0.2) is 0 Å². The number of ether oxygens (including phenoxy) is 1. The summed E-state index contributed by atoms with van der Waals surface area (Å²) in [5.74, 6) is 1.19. The van der Waals surface area contributed by atoms with Gasteiger partial charge < -0.3 is 15.4 Å². The Morgan fingerprint density at radius 3 is 2.49 bits per heavy atom. The number of amides is 1. The van der Waals surface area contributed by atoms with Crippen LogP contribution in [-0.2, 0) is 11.2 Å². The molecule has 0 spiro atoms. The summed E-state index contributed by atoms with van der Waals surface area (Å²) in [7, 11) is 0. The predicted octanol–water partition coefficient (Wildman–Crippen LogP) is 5.14. The lowest BCUT2D eigenvalue weighted by Gasteiger charge is -2.28. The first-order valence-electron chi connectivity index (χ1n) is 11.6. The molecule has 176 valence electrons. The van der Waals surface area contributed by atoms with Crippen molar-refractivity contribution < 1.29 is 9.53 Å². The molecule has 35 heavy (non-hydrogen) atoms. The van der Waals surface area contributed by atoms with Crippen LogP contribution in [0.5, 0.6) is 5.75 Å². The Kier molecular flexibility index (Phi) is 6.30. The normalized spacial score (nSPS) is 14.7. The second-order valence-electron chi connectivity index (χ2n) is 8.57. The molecule has 1 unspecified atom stereocenters. The van der Waals surface area contributed by atoms with Crippen molar-refractivity contribution in [2.24, 2.45) is 0 Å². The highest BCUT2D eigenvalue weighted by molar-refractivity contribution is 6.06. The van der Waals surface area contributed by atoms with E-state index in [-0.39, 0.29) is 5.91 Å². The summed E-state index contributed by atoms with van der Waals surface area (Å²) in [6.45, 7) is 4.49. The summed E-state index contributed by atoms with van der Waals surface area (Å²) in [6.07, 6.45) is 2.33. The van der Waals surface area contributed by atoms with E-state index in [1.807, 2.05) is 80.6 Å². The number of hydrogen-bond donors (Lipinski definition) is 2. The van der Waals surface area contributed by atoms with E-state index in [1.165, 1.54) is 11.9 Å². The van der Waals surface area contributed by atoms with Gasteiger partial charge in [0.2, 0.25) is 5.95 Å². The van der Waals surface area contributed by atoms with Crippen LogP contribution in [0.1, 0.15) is 29.7 Å². The first-order chi connectivity index (χ1) is 17.1. The van der Waals surface area contributed by atoms with Gasteiger partial charge in [-0.3, -0.25) is 4.79 Å². The molecule has 1 amide bonds. The third-order valence-electron chi connectivity index (χ3n) is 6.05. The lowest BCUT2D eigenvalue weighted by atomic mass is 9.95. The fourth-order valence-corrected chi connectivity index (χ4v) is 4.21. The maximum Gasteiger partial charge on any atom is 0.255 e. The van der Waals surface area contributed by atoms with Crippen LogP contribution < -0.4 is 15.4 Å². The SMILES string of the molecule is CC1=C(C(=O)Nc2ccc(C)cc2)C(c2ccc(OCCc3ccccc3)cc2)n2ncnc2N1. The van der Waals surface area contributed by atoms with Gasteiger partial charge in [0.05, 0.1) is 12.2 Å². The molecule has 7 nitrogen and oxygen atoms in total. The molecular formula is C28H27N5O2. The highest BCUT2D eigenvalue weighted by Gasteiger charge is 2.33. The zero-order valence-corrected chi connectivity index (χ0v) is 19.7. The molecule has 0 saturated heterocycles. The number of carbonyl (C=O) groups is 1. The van der Waals surface area contributed by atoms with Crippen LogP contribution >= 0.6 is 0 Å². The van der Waals surface area contributed by atoms with Crippen LogP contribution in [0.3, 0.4) is 0 Å². The van der Waals surface area contributed by atoms with Gasteiger partial charge >= 0.3 is 0 Å². The number of rotatable bonds is 7. The van der Waals surface area contributed by atoms with Crippen molar-refractivity contribution in [3.63, 3.8) is 0 Å². The predicted molar refractivity (Wildman–Crippen MR) is 136 cm³/mol. The number of allylic oxidation sites excluding steroid dienone is 1. The average Bonchev–Trinajstić information content (AvgIpc) is 3.34. The summed E-state index contributed by atoms with van der Waals surface area (Å²) in [6, 6.07) is 25.4. The molecule has 7 heteroatoms. The fourth-order valence-electron chi connectivity index (χ4n) is 4.21. The quantitative estimate of drug-likeness (QED) is 0.395. The minimum atomic E-state index is -0.419. The highest BCUT2D eigenvalue weighted by atomic mass is 16.5. The first kappa shape index (κ1) is 22.4. The minimum Gasteiger partial charge on any atom is -0.493 e. The molecule has 4 aromatic rings. The maximum atomic E-state index is 13.4. The van der Waals surface area contributed by atoms with Gasteiger partial charge in [-0.25, -0.2) is 4.68 Å². The molecule has 0 saturated carbocycles. The Hall–Kier alpha value is -4.39. The number of fused-ring (bicyclic) bond motifs is 1. The highest BCUT2D eigenvalue weighted by Crippen LogP contribution is 2.35. The van der Waals surface area contributed by atoms with Gasteiger partial charge in [0.25, 0.3) is 5.91 Å². The number of hydrogen-bond acceptors (Lipinski definition) is 5. The van der Waals surface area contributed by atoms with E-state index in [0.29, 0.717) is 18.1 Å². The zero-order valence-electron chi connectivity index (χ0n) is 19.7. The summed E-state index contributed by atoms with van der Waals surface area (Å²) in [5.41, 5.74) is 5.36. The topological polar surface area (TPSA) is 81.1 Å². The minimum absolute atomic E-state index is 0.187. The number of benzene rings is 3. The van der Waals surface area contributed by atoms with E-state index in [2.05, 4.69) is 32.8 Å². The Labute approximate surface area is 204 Å². The third-order valence-corrected chi connectivity index (χ3v) is 6.05. The largest absolute Gasteiger partial charge is 0.493 e. The van der Waals surface area contributed by atoms with Crippen LogP contribution in [0.2, 0.25) is 0 Å². The van der Waals surface area contributed by atoms with Crippen molar-refractivity contribution in [2.75, 3.05) is 17.2 Å². The van der Waals surface area contributed by atoms with Crippen molar-refractivity contribution in [3.05, 3.63) is 113 Å². The molecule has 3 aromatic carbocycles. The van der Waals surface area contributed by atoms with E-state index < -0.39 is 6.04 Å². The molecule has 0 bridgehead atoms. The van der Waals surface area contributed by atoms with Gasteiger partial charge in [0.1, 0.15) is 18.1 Å². The number of aromatic nitrogens is 3. The summed E-state index contributed by atoms with van der Waals surface area (Å²) in [5, 5.41) is 10.6. The summed E-state index contributed by atoms with van der Waals surface area (Å²) < 4.78 is 7.69. The molecule has 1 aliphatic heterocycles. The number of carbonyl (C=O) groups excluding carboxylic acids is 1. The monoisotopic (exact) mass is 465 g/mol. The summed E-state index contributed by atoms with van der Waals surface area (Å²) in [4.78, 5) is 17.7. The van der Waals surface area contributed by atoms with Crippen LogP contribution in [0.4, 0.5) is 11.6 Å². The Morgan fingerprint density at radius 2 is 1.74 bits per heavy atom. The van der Waals surface area contributed by atoms with Crippen LogP contribution in [0, 0.1) is 6.92 Å². The molecular weight excluding hydrogens is 438 g/mol. The van der Waals surface area contributed by atoms with Crippen molar-refractivity contribution in [2.45, 2.75) is 26.3 Å². The third kappa shape index (κ3) is 4.94. The Morgan fingerprint density at radius 1 is 1.00 bits per heavy atom. The molecule has 2 heterocycles. The number of anilines is 2. The standard InChI is InChI=1S/C28H27N5O2/c1-19-8-12-23(13-9-19)32-27(34)25-20(2)31-28-29-18-30-33(28)26(25)22-10-14-24(15-11-22)35-17-16-21-6-4-3-5-7-21/h3-15,18,26H,16-17H2,1-2H3,(H,32,34)(H,29,30,31). The number of aryl methyl sites for hydroxylation is 1. The molecule has 2 N–H and O–H groups in total. The molecule has 0 aliphatic carbocycles. The van der Waals surface area contributed by atoms with Gasteiger partial charge in [-0.2, -0.15) is 10.1 Å². The van der Waals surface area contributed by atoms with E-state index in [4.69, 9.17) is 4.74 Å². The van der Waals surface area contributed by atoms with Gasteiger partial charge in [-0.1, -0.05) is 60.2 Å². The first-order valence-corrected chi connectivity index (χ1v) is 11.6. The molecule has 0 fully saturated rings. The number of nitrogens with one attached hydrogen (secondary N) is 2. The van der Waals surface area contributed by atoms with Crippen molar-refractivity contribution in [1.29, 1.82) is 0 Å². The van der Waals surface area contributed by atoms with E-state index in [1.54, 1.807) is 4.68 Å². The Bertz CT molecular complexity index is 1340. The average molecular weight is 466 g/mol. The molecule has 5 rings (SSSR count). The molecule has 0 radical (unpaired) electrons. The van der Waals surface area contributed by atoms with Gasteiger partial charge in [-0.15, -0.1) is 0 Å². The van der Waals surface area contributed by atoms with Gasteiger partial charge in [-0.05, 0) is 49.2 Å². The van der Waals surface area contributed by atoms with Crippen LogP contribution in [0.15, 0.2) is 96.5 Å². The van der Waals surface area contributed by atoms with Crippen molar-refractivity contribution >= 4 is 17.5 Å².